The molecule has 0 amide bonds. The van der Waals surface area contributed by atoms with Gasteiger partial charge in [-0.15, -0.1) is 0 Å². The summed E-state index contributed by atoms with van der Waals surface area (Å²) < 4.78 is 2.31. The molecule has 202 valence electrons. The summed E-state index contributed by atoms with van der Waals surface area (Å²) in [5, 5.41) is 5.12. The molecule has 0 bridgehead atoms. The molecule has 8 rings (SSSR count). The molecule has 0 radical (unpaired) electrons. The third-order valence-corrected chi connectivity index (χ3v) is 8.74. The van der Waals surface area contributed by atoms with Crippen LogP contribution in [0.25, 0.3) is 66.6 Å². The van der Waals surface area contributed by atoms with Crippen LogP contribution in [0.1, 0.15) is 43.1 Å². The van der Waals surface area contributed by atoms with Crippen LogP contribution in [0, 0.1) is 0 Å². The van der Waals surface area contributed by atoms with Gasteiger partial charge in [0.2, 0.25) is 0 Å². The van der Waals surface area contributed by atoms with Crippen LogP contribution < -0.4 is 0 Å². The number of rotatable bonds is 4. The first-order valence-electron chi connectivity index (χ1n) is 15.0. The molecule has 0 atom stereocenters. The number of hydrogen-bond acceptors (Lipinski definition) is 1. The summed E-state index contributed by atoms with van der Waals surface area (Å²) in [7, 11) is 0. The fraction of sp³-hybridized carbons (Fsp3) is 0.125. The molecule has 0 saturated heterocycles. The summed E-state index contributed by atoms with van der Waals surface area (Å²) in [6.07, 6.45) is 6.76. The minimum atomic E-state index is 0.300. The van der Waals surface area contributed by atoms with E-state index in [2.05, 4.69) is 146 Å². The van der Waals surface area contributed by atoms with Gasteiger partial charge in [-0.1, -0.05) is 117 Å². The lowest BCUT2D eigenvalue weighted by Crippen LogP contribution is -2.02. The number of aromatic nitrogens is 2. The van der Waals surface area contributed by atoms with E-state index in [0.717, 1.165) is 35.4 Å². The van der Waals surface area contributed by atoms with E-state index < -0.39 is 0 Å². The van der Waals surface area contributed by atoms with Crippen molar-refractivity contribution in [3.8, 4) is 27.9 Å². The molecule has 0 saturated carbocycles. The van der Waals surface area contributed by atoms with Gasteiger partial charge in [-0.25, -0.2) is 4.98 Å². The van der Waals surface area contributed by atoms with Crippen molar-refractivity contribution in [1.29, 1.82) is 0 Å². The van der Waals surface area contributed by atoms with Gasteiger partial charge in [0, 0.05) is 11.6 Å². The fourth-order valence-corrected chi connectivity index (χ4v) is 6.83. The summed E-state index contributed by atoms with van der Waals surface area (Å²) in [6, 6.07) is 42.3. The SMILES string of the molecule is CC(C)c1nc2cc(-c3c4ccccc4c(-c4ccc5c(c4)CCC=C5)c4ccccc34)ccc2n1-c1ccccc1. The third-order valence-electron chi connectivity index (χ3n) is 8.74. The maximum atomic E-state index is 5.20. The Morgan fingerprint density at radius 2 is 1.24 bits per heavy atom. The van der Waals surface area contributed by atoms with Crippen molar-refractivity contribution in [2.75, 3.05) is 0 Å². The quantitative estimate of drug-likeness (QED) is 0.203. The van der Waals surface area contributed by atoms with Gasteiger partial charge >= 0.3 is 0 Å². The Bertz CT molecular complexity index is 2110. The fourth-order valence-electron chi connectivity index (χ4n) is 6.83. The van der Waals surface area contributed by atoms with Crippen molar-refractivity contribution in [2.45, 2.75) is 32.6 Å². The molecular weight excluding hydrogens is 508 g/mol. The first-order chi connectivity index (χ1) is 20.7. The highest BCUT2D eigenvalue weighted by Crippen LogP contribution is 2.44. The van der Waals surface area contributed by atoms with Gasteiger partial charge in [-0.3, -0.25) is 4.57 Å². The Kier molecular flexibility index (Phi) is 5.82. The van der Waals surface area contributed by atoms with Crippen LogP contribution in [0.2, 0.25) is 0 Å². The standard InChI is InChI=1S/C40H32N2/c1-26(2)40-41-36-25-30(22-23-37(36)42(40)31-14-4-3-5-15-31)39-34-18-10-8-16-32(34)38(33-17-9-11-19-35(33)39)29-21-20-27-12-6-7-13-28(27)24-29/h3-6,8-12,14-26H,7,13H2,1-2H3. The molecule has 6 aromatic carbocycles. The molecule has 0 spiro atoms. The molecule has 1 aliphatic rings. The van der Waals surface area contributed by atoms with Crippen molar-refractivity contribution in [3.05, 3.63) is 138 Å². The molecule has 0 unspecified atom stereocenters. The minimum absolute atomic E-state index is 0.300. The molecule has 7 aromatic rings. The van der Waals surface area contributed by atoms with Gasteiger partial charge in [-0.05, 0) is 92.0 Å². The molecule has 1 aliphatic carbocycles. The van der Waals surface area contributed by atoms with E-state index in [1.165, 1.54) is 54.9 Å². The predicted molar refractivity (Wildman–Crippen MR) is 178 cm³/mol. The molecule has 1 heterocycles. The van der Waals surface area contributed by atoms with Gasteiger partial charge in [0.25, 0.3) is 0 Å². The van der Waals surface area contributed by atoms with Crippen LogP contribution >= 0.6 is 0 Å². The Labute approximate surface area is 246 Å². The number of nitrogens with zero attached hydrogens (tertiary/aromatic N) is 2. The minimum Gasteiger partial charge on any atom is -0.296 e. The van der Waals surface area contributed by atoms with Crippen molar-refractivity contribution < 1.29 is 0 Å². The first-order valence-corrected chi connectivity index (χ1v) is 15.0. The number of imidazole rings is 1. The van der Waals surface area contributed by atoms with E-state index in [4.69, 9.17) is 4.98 Å². The summed E-state index contributed by atoms with van der Waals surface area (Å²) in [5.41, 5.74) is 11.2. The topological polar surface area (TPSA) is 17.8 Å². The number of allylic oxidation sites excluding steroid dienone is 1. The monoisotopic (exact) mass is 540 g/mol. The van der Waals surface area contributed by atoms with Gasteiger partial charge in [-0.2, -0.15) is 0 Å². The Hall–Kier alpha value is -4.95. The molecule has 0 aliphatic heterocycles. The zero-order valence-electron chi connectivity index (χ0n) is 24.0. The predicted octanol–water partition coefficient (Wildman–Crippen LogP) is 10.7. The van der Waals surface area contributed by atoms with Crippen LogP contribution in [0.15, 0.2) is 121 Å². The molecule has 42 heavy (non-hydrogen) atoms. The third kappa shape index (κ3) is 3.90. The van der Waals surface area contributed by atoms with Crippen LogP contribution in [-0.2, 0) is 6.42 Å². The second-order valence-electron chi connectivity index (χ2n) is 11.7. The number of hydrogen-bond donors (Lipinski definition) is 0. The molecule has 2 nitrogen and oxygen atoms in total. The number of para-hydroxylation sites is 1. The lowest BCUT2D eigenvalue weighted by atomic mass is 9.84. The van der Waals surface area contributed by atoms with E-state index >= 15 is 0 Å². The average Bonchev–Trinajstić information content (AvgIpc) is 3.43. The van der Waals surface area contributed by atoms with Crippen molar-refractivity contribution >= 4 is 38.7 Å². The molecule has 0 fully saturated rings. The maximum absolute atomic E-state index is 5.20. The van der Waals surface area contributed by atoms with E-state index in [-0.39, 0.29) is 0 Å². The lowest BCUT2D eigenvalue weighted by molar-refractivity contribution is 0.760. The maximum Gasteiger partial charge on any atom is 0.117 e. The number of aryl methyl sites for hydroxylation is 1. The largest absolute Gasteiger partial charge is 0.296 e. The Morgan fingerprint density at radius 3 is 1.88 bits per heavy atom. The van der Waals surface area contributed by atoms with Gasteiger partial charge in [0.05, 0.1) is 11.0 Å². The first kappa shape index (κ1) is 24.8. The van der Waals surface area contributed by atoms with Crippen LogP contribution in [0.3, 0.4) is 0 Å². The second kappa shape index (κ2) is 9.85. The number of fused-ring (bicyclic) bond motifs is 4. The Balaban J connectivity index is 1.40. The summed E-state index contributed by atoms with van der Waals surface area (Å²) >= 11 is 0. The molecule has 0 N–H and O–H groups in total. The zero-order chi connectivity index (χ0) is 28.2. The van der Waals surface area contributed by atoms with Crippen LogP contribution in [0.5, 0.6) is 0 Å². The highest BCUT2D eigenvalue weighted by atomic mass is 15.1. The molecular formula is C40H32N2. The highest BCUT2D eigenvalue weighted by Gasteiger charge is 2.20. The van der Waals surface area contributed by atoms with Gasteiger partial charge < -0.3 is 0 Å². The molecule has 1 aromatic heterocycles. The normalized spacial score (nSPS) is 12.9. The average molecular weight is 541 g/mol. The van der Waals surface area contributed by atoms with Crippen molar-refractivity contribution in [1.82, 2.24) is 9.55 Å². The van der Waals surface area contributed by atoms with E-state index in [1.807, 2.05) is 0 Å². The second-order valence-corrected chi connectivity index (χ2v) is 11.7. The van der Waals surface area contributed by atoms with Gasteiger partial charge in [0.1, 0.15) is 5.82 Å². The van der Waals surface area contributed by atoms with E-state index in [1.54, 1.807) is 0 Å². The van der Waals surface area contributed by atoms with E-state index in [9.17, 15) is 0 Å². The van der Waals surface area contributed by atoms with Crippen molar-refractivity contribution in [3.63, 3.8) is 0 Å². The summed E-state index contributed by atoms with van der Waals surface area (Å²) in [6.45, 7) is 4.44. The van der Waals surface area contributed by atoms with Crippen LogP contribution in [-0.4, -0.2) is 9.55 Å². The van der Waals surface area contributed by atoms with E-state index in [0.29, 0.717) is 5.92 Å². The number of benzene rings is 6. The summed E-state index contributed by atoms with van der Waals surface area (Å²) in [4.78, 5) is 5.20. The lowest BCUT2D eigenvalue weighted by Gasteiger charge is -2.19. The molecule has 2 heteroatoms. The van der Waals surface area contributed by atoms with Gasteiger partial charge in [0.15, 0.2) is 0 Å². The highest BCUT2D eigenvalue weighted by molar-refractivity contribution is 6.21. The smallest absolute Gasteiger partial charge is 0.117 e. The summed E-state index contributed by atoms with van der Waals surface area (Å²) in [5.74, 6) is 1.38. The zero-order valence-corrected chi connectivity index (χ0v) is 24.0. The van der Waals surface area contributed by atoms with Crippen molar-refractivity contribution in [2.24, 2.45) is 0 Å². The van der Waals surface area contributed by atoms with Crippen LogP contribution in [0.4, 0.5) is 0 Å². The Morgan fingerprint density at radius 1 is 0.643 bits per heavy atom.